The zero-order valence-electron chi connectivity index (χ0n) is 18.5. The lowest BCUT2D eigenvalue weighted by molar-refractivity contribution is -0.122. The molecular formula is C27H39NO2. The van der Waals surface area contributed by atoms with Crippen molar-refractivity contribution in [2.75, 3.05) is 6.61 Å². The molecule has 0 fully saturated rings. The van der Waals surface area contributed by atoms with Gasteiger partial charge in [0.25, 0.3) is 0 Å². The normalized spacial score (nSPS) is 13.1. The van der Waals surface area contributed by atoms with Gasteiger partial charge in [0.05, 0.1) is 6.61 Å². The molecule has 0 aliphatic carbocycles. The molecule has 0 heterocycles. The van der Waals surface area contributed by atoms with Crippen LogP contribution < -0.4 is 5.32 Å². The molecule has 0 aliphatic heterocycles. The van der Waals surface area contributed by atoms with E-state index >= 15 is 0 Å². The number of carbonyl (C=O) groups excluding carboxylic acids is 1. The molecule has 164 valence electrons. The summed E-state index contributed by atoms with van der Waals surface area (Å²) in [5.74, 6) is 0.0127. The summed E-state index contributed by atoms with van der Waals surface area (Å²) in [7, 11) is 0. The maximum Gasteiger partial charge on any atom is 0.220 e. The van der Waals surface area contributed by atoms with Crippen LogP contribution in [0.25, 0.3) is 0 Å². The van der Waals surface area contributed by atoms with Crippen LogP contribution in [0.3, 0.4) is 0 Å². The summed E-state index contributed by atoms with van der Waals surface area (Å²) in [6.07, 6.45) is 26.3. The van der Waals surface area contributed by atoms with Crippen LogP contribution in [-0.2, 0) is 11.2 Å². The maximum atomic E-state index is 11.5. The van der Waals surface area contributed by atoms with Gasteiger partial charge in [-0.3, -0.25) is 4.79 Å². The zero-order valence-corrected chi connectivity index (χ0v) is 18.5. The molecule has 0 aromatic heterocycles. The number of carbonyl (C=O) groups is 1. The fourth-order valence-corrected chi connectivity index (χ4v) is 2.89. The number of allylic oxidation sites excluding steroid dienone is 8. The number of aryl methyl sites for hydroxylation is 1. The van der Waals surface area contributed by atoms with E-state index in [4.69, 9.17) is 5.11 Å². The Balaban J connectivity index is 1.93. The average Bonchev–Trinajstić information content (AvgIpc) is 2.76. The highest BCUT2D eigenvalue weighted by atomic mass is 16.3. The third kappa shape index (κ3) is 15.5. The van der Waals surface area contributed by atoms with Gasteiger partial charge in [0.15, 0.2) is 0 Å². The van der Waals surface area contributed by atoms with Crippen LogP contribution in [0.4, 0.5) is 0 Å². The topological polar surface area (TPSA) is 49.3 Å². The van der Waals surface area contributed by atoms with Crippen molar-refractivity contribution in [3.8, 4) is 0 Å². The van der Waals surface area contributed by atoms with Crippen LogP contribution in [0.5, 0.6) is 0 Å². The van der Waals surface area contributed by atoms with Gasteiger partial charge in [0, 0.05) is 12.5 Å². The van der Waals surface area contributed by atoms with Gasteiger partial charge in [0.2, 0.25) is 5.91 Å². The molecule has 3 nitrogen and oxygen atoms in total. The molecule has 1 atom stereocenters. The molecule has 1 rings (SSSR count). The third-order valence-electron chi connectivity index (χ3n) is 4.62. The molecule has 1 aromatic carbocycles. The third-order valence-corrected chi connectivity index (χ3v) is 4.62. The van der Waals surface area contributed by atoms with E-state index in [0.717, 1.165) is 44.9 Å². The van der Waals surface area contributed by atoms with E-state index < -0.39 is 0 Å². The predicted molar refractivity (Wildman–Crippen MR) is 128 cm³/mol. The Morgan fingerprint density at radius 3 is 1.97 bits per heavy atom. The largest absolute Gasteiger partial charge is 0.394 e. The monoisotopic (exact) mass is 409 g/mol. The summed E-state index contributed by atoms with van der Waals surface area (Å²) in [6.45, 7) is 1.78. The Labute approximate surface area is 183 Å². The number of unbranched alkanes of at least 4 members (excludes halogenated alkanes) is 2. The van der Waals surface area contributed by atoms with E-state index in [1.807, 2.05) is 0 Å². The van der Waals surface area contributed by atoms with Gasteiger partial charge in [-0.15, -0.1) is 0 Å². The Morgan fingerprint density at radius 2 is 1.40 bits per heavy atom. The Hall–Kier alpha value is -2.39. The lowest BCUT2D eigenvalue weighted by Gasteiger charge is -2.09. The SMILES string of the molecule is C[C@H](CO)NC(=O)CCC/C=C\C/C=C\C/C=C\C/C=C\CCCc1ccccc1. The highest BCUT2D eigenvalue weighted by Crippen LogP contribution is 2.05. The van der Waals surface area contributed by atoms with Crippen molar-refractivity contribution in [2.45, 2.75) is 70.8 Å². The quantitative estimate of drug-likeness (QED) is 0.257. The van der Waals surface area contributed by atoms with Crippen LogP contribution in [0.1, 0.15) is 63.9 Å². The summed E-state index contributed by atoms with van der Waals surface area (Å²) in [5.41, 5.74) is 1.42. The summed E-state index contributed by atoms with van der Waals surface area (Å²) >= 11 is 0. The van der Waals surface area contributed by atoms with Crippen molar-refractivity contribution in [2.24, 2.45) is 0 Å². The second-order valence-corrected chi connectivity index (χ2v) is 7.51. The fraction of sp³-hybridized carbons (Fsp3) is 0.444. The van der Waals surface area contributed by atoms with Crippen molar-refractivity contribution >= 4 is 5.91 Å². The predicted octanol–water partition coefficient (Wildman–Crippen LogP) is 6.07. The maximum absolute atomic E-state index is 11.5. The van der Waals surface area contributed by atoms with Crippen molar-refractivity contribution in [1.82, 2.24) is 5.32 Å². The van der Waals surface area contributed by atoms with Crippen molar-refractivity contribution < 1.29 is 9.90 Å². The van der Waals surface area contributed by atoms with Crippen molar-refractivity contribution in [1.29, 1.82) is 0 Å². The molecule has 3 heteroatoms. The molecule has 0 unspecified atom stereocenters. The Morgan fingerprint density at radius 1 is 0.867 bits per heavy atom. The van der Waals surface area contributed by atoms with Gasteiger partial charge in [-0.05, 0) is 63.9 Å². The van der Waals surface area contributed by atoms with E-state index in [1.54, 1.807) is 6.92 Å². The Bertz CT molecular complexity index is 659. The lowest BCUT2D eigenvalue weighted by Crippen LogP contribution is -2.34. The summed E-state index contributed by atoms with van der Waals surface area (Å²) in [4.78, 5) is 11.5. The number of aliphatic hydroxyl groups is 1. The van der Waals surface area contributed by atoms with Gasteiger partial charge in [0.1, 0.15) is 0 Å². The minimum atomic E-state index is -0.159. The number of aliphatic hydroxyl groups excluding tert-OH is 1. The number of hydrogen-bond donors (Lipinski definition) is 2. The summed E-state index contributed by atoms with van der Waals surface area (Å²) in [6, 6.07) is 10.5. The van der Waals surface area contributed by atoms with Crippen LogP contribution >= 0.6 is 0 Å². The zero-order chi connectivity index (χ0) is 21.7. The molecule has 2 N–H and O–H groups in total. The van der Waals surface area contributed by atoms with Gasteiger partial charge in [-0.2, -0.15) is 0 Å². The minimum absolute atomic E-state index is 0.0127. The molecular weight excluding hydrogens is 370 g/mol. The van der Waals surface area contributed by atoms with Crippen molar-refractivity contribution in [3.63, 3.8) is 0 Å². The molecule has 0 saturated carbocycles. The molecule has 0 bridgehead atoms. The summed E-state index contributed by atoms with van der Waals surface area (Å²) in [5, 5.41) is 11.6. The van der Waals surface area contributed by atoms with Gasteiger partial charge >= 0.3 is 0 Å². The smallest absolute Gasteiger partial charge is 0.220 e. The van der Waals surface area contributed by atoms with Crippen LogP contribution in [0, 0.1) is 0 Å². The first kappa shape index (κ1) is 25.6. The number of benzene rings is 1. The molecule has 0 saturated heterocycles. The first-order chi connectivity index (χ1) is 14.7. The van der Waals surface area contributed by atoms with Crippen LogP contribution in [0.2, 0.25) is 0 Å². The number of amides is 1. The molecule has 1 amide bonds. The molecule has 0 spiro atoms. The lowest BCUT2D eigenvalue weighted by atomic mass is 10.1. The second-order valence-electron chi connectivity index (χ2n) is 7.51. The highest BCUT2D eigenvalue weighted by Gasteiger charge is 2.04. The highest BCUT2D eigenvalue weighted by molar-refractivity contribution is 5.76. The van der Waals surface area contributed by atoms with Gasteiger partial charge in [-0.25, -0.2) is 0 Å². The Kier molecular flexibility index (Phi) is 15.9. The number of nitrogens with one attached hydrogen (secondary N) is 1. The second kappa shape index (κ2) is 18.6. The van der Waals surface area contributed by atoms with Crippen LogP contribution in [-0.4, -0.2) is 23.7 Å². The number of rotatable bonds is 16. The minimum Gasteiger partial charge on any atom is -0.394 e. The standard InChI is InChI=1S/C27H39NO2/c1-25(24-29)28-27(30)23-19-14-12-10-8-6-4-2-3-5-7-9-11-13-16-20-26-21-17-15-18-22-26/h3-6,9-12,15,17-18,21-22,25,29H,2,7-8,13-14,16,19-20,23-24H2,1H3,(H,28,30)/b5-3-,6-4-,11-9-,12-10-/t25-/m1/s1. The molecule has 1 aromatic rings. The van der Waals surface area contributed by atoms with E-state index in [-0.39, 0.29) is 18.6 Å². The van der Waals surface area contributed by atoms with Crippen molar-refractivity contribution in [3.05, 3.63) is 84.5 Å². The van der Waals surface area contributed by atoms with E-state index in [0.29, 0.717) is 6.42 Å². The fourth-order valence-electron chi connectivity index (χ4n) is 2.89. The number of hydrogen-bond acceptors (Lipinski definition) is 2. The van der Waals surface area contributed by atoms with E-state index in [9.17, 15) is 4.79 Å². The molecule has 0 radical (unpaired) electrons. The van der Waals surface area contributed by atoms with Gasteiger partial charge in [-0.1, -0.05) is 78.9 Å². The van der Waals surface area contributed by atoms with E-state index in [2.05, 4.69) is 84.3 Å². The van der Waals surface area contributed by atoms with E-state index in [1.165, 1.54) is 12.0 Å². The molecule has 30 heavy (non-hydrogen) atoms. The first-order valence-corrected chi connectivity index (χ1v) is 11.3. The molecule has 0 aliphatic rings. The average molecular weight is 410 g/mol. The van der Waals surface area contributed by atoms with Crippen LogP contribution in [0.15, 0.2) is 78.9 Å². The van der Waals surface area contributed by atoms with Gasteiger partial charge < -0.3 is 10.4 Å². The first-order valence-electron chi connectivity index (χ1n) is 11.3. The summed E-state index contributed by atoms with van der Waals surface area (Å²) < 4.78 is 0.